The second-order valence-corrected chi connectivity index (χ2v) is 10.5. The van der Waals surface area contributed by atoms with Crippen molar-refractivity contribution in [3.8, 4) is 0 Å². The highest BCUT2D eigenvalue weighted by molar-refractivity contribution is 7.94. The second-order valence-electron chi connectivity index (χ2n) is 7.65. The van der Waals surface area contributed by atoms with E-state index in [0.29, 0.717) is 37.4 Å². The molecule has 1 aromatic heterocycles. The Bertz CT molecular complexity index is 1260. The smallest absolute Gasteiger partial charge is 0.337 e. The summed E-state index contributed by atoms with van der Waals surface area (Å²) in [6.45, 7) is 4.12. The number of hydrogen-bond donors (Lipinski definition) is 2. The maximum Gasteiger partial charge on any atom is 0.337 e. The summed E-state index contributed by atoms with van der Waals surface area (Å²) in [6.07, 6.45) is 0. The largest absolute Gasteiger partial charge is 0.478 e. The number of piperazine rings is 1. The Labute approximate surface area is 196 Å². The van der Waals surface area contributed by atoms with Gasteiger partial charge in [0, 0.05) is 43.1 Å². The number of hydrogen-bond acceptors (Lipinski definition) is 7. The van der Waals surface area contributed by atoms with Crippen LogP contribution >= 0.6 is 11.3 Å². The highest BCUT2D eigenvalue weighted by Gasteiger charge is 2.23. The van der Waals surface area contributed by atoms with Crippen LogP contribution in [0.4, 0.5) is 17.1 Å². The molecule has 3 aromatic rings. The van der Waals surface area contributed by atoms with Crippen molar-refractivity contribution in [2.75, 3.05) is 40.7 Å². The van der Waals surface area contributed by atoms with Crippen LogP contribution < -0.4 is 14.5 Å². The molecule has 1 fully saturated rings. The molecule has 172 valence electrons. The van der Waals surface area contributed by atoms with Gasteiger partial charge in [-0.3, -0.25) is 9.52 Å². The first-order valence-corrected chi connectivity index (χ1v) is 12.7. The van der Waals surface area contributed by atoms with Crippen molar-refractivity contribution >= 4 is 50.2 Å². The van der Waals surface area contributed by atoms with E-state index in [9.17, 15) is 23.1 Å². The highest BCUT2D eigenvalue weighted by atomic mass is 32.2. The van der Waals surface area contributed by atoms with Crippen molar-refractivity contribution in [3.63, 3.8) is 0 Å². The quantitative estimate of drug-likeness (QED) is 0.491. The van der Waals surface area contributed by atoms with Crippen molar-refractivity contribution in [2.45, 2.75) is 11.1 Å². The number of thiophene rings is 1. The van der Waals surface area contributed by atoms with E-state index in [2.05, 4.69) is 9.62 Å². The third-order valence-corrected chi connectivity index (χ3v) is 8.28. The van der Waals surface area contributed by atoms with E-state index in [1.165, 1.54) is 19.1 Å². The zero-order valence-corrected chi connectivity index (χ0v) is 19.5. The van der Waals surface area contributed by atoms with Gasteiger partial charge in [-0.15, -0.1) is 11.3 Å². The SMILES string of the molecule is CC(=O)c1ccc(N2CCN(c3ccc(NS(=O)(=O)c4cccs4)cc3C(=O)O)CC2)cc1. The molecule has 2 heterocycles. The summed E-state index contributed by atoms with van der Waals surface area (Å²) in [5.41, 5.74) is 2.47. The van der Waals surface area contributed by atoms with E-state index in [4.69, 9.17) is 0 Å². The van der Waals surface area contributed by atoms with Crippen LogP contribution in [0.2, 0.25) is 0 Å². The van der Waals surface area contributed by atoms with E-state index in [-0.39, 0.29) is 21.2 Å². The topological polar surface area (TPSA) is 107 Å². The lowest BCUT2D eigenvalue weighted by Gasteiger charge is -2.38. The van der Waals surface area contributed by atoms with Crippen LogP contribution in [0, 0.1) is 0 Å². The predicted molar refractivity (Wildman–Crippen MR) is 129 cm³/mol. The number of sulfonamides is 1. The van der Waals surface area contributed by atoms with Gasteiger partial charge in [0.2, 0.25) is 0 Å². The number of benzene rings is 2. The third kappa shape index (κ3) is 5.01. The van der Waals surface area contributed by atoms with Crippen LogP contribution in [0.3, 0.4) is 0 Å². The standard InChI is InChI=1S/C23H23N3O5S2/c1-16(27)17-4-7-19(8-5-17)25-10-12-26(13-11-25)21-9-6-18(15-20(21)23(28)29)24-33(30,31)22-3-2-14-32-22/h2-9,14-15,24H,10-13H2,1H3,(H,28,29). The van der Waals surface area contributed by atoms with Crippen molar-refractivity contribution in [3.05, 3.63) is 71.1 Å². The summed E-state index contributed by atoms with van der Waals surface area (Å²) < 4.78 is 27.6. The summed E-state index contributed by atoms with van der Waals surface area (Å²) in [6, 6.07) is 15.2. The normalized spacial score (nSPS) is 14.2. The van der Waals surface area contributed by atoms with Gasteiger partial charge in [0.15, 0.2) is 5.78 Å². The van der Waals surface area contributed by atoms with Gasteiger partial charge in [-0.25, -0.2) is 13.2 Å². The summed E-state index contributed by atoms with van der Waals surface area (Å²) in [5.74, 6) is -1.10. The van der Waals surface area contributed by atoms with Gasteiger partial charge < -0.3 is 14.9 Å². The van der Waals surface area contributed by atoms with E-state index in [1.807, 2.05) is 29.2 Å². The number of Topliss-reactive ketones (excluding diaryl/α,β-unsaturated/α-hetero) is 1. The maximum absolute atomic E-state index is 12.5. The highest BCUT2D eigenvalue weighted by Crippen LogP contribution is 2.28. The molecular formula is C23H23N3O5S2. The van der Waals surface area contributed by atoms with Crippen LogP contribution in [-0.2, 0) is 10.0 Å². The number of nitrogens with one attached hydrogen (secondary N) is 1. The van der Waals surface area contributed by atoms with E-state index < -0.39 is 16.0 Å². The van der Waals surface area contributed by atoms with Gasteiger partial charge >= 0.3 is 5.97 Å². The summed E-state index contributed by atoms with van der Waals surface area (Å²) in [4.78, 5) is 27.6. The Kier molecular flexibility index (Phi) is 6.39. The molecule has 2 aromatic carbocycles. The average molecular weight is 486 g/mol. The minimum atomic E-state index is -3.76. The Balaban J connectivity index is 1.49. The van der Waals surface area contributed by atoms with Gasteiger partial charge in [0.1, 0.15) is 4.21 Å². The van der Waals surface area contributed by atoms with Crippen molar-refractivity contribution in [1.82, 2.24) is 0 Å². The van der Waals surface area contributed by atoms with E-state index in [0.717, 1.165) is 17.0 Å². The predicted octanol–water partition coefficient (Wildman–Crippen LogP) is 3.78. The number of nitrogens with zero attached hydrogens (tertiary/aromatic N) is 2. The Hall–Kier alpha value is -3.37. The first-order valence-electron chi connectivity index (χ1n) is 10.3. The zero-order valence-electron chi connectivity index (χ0n) is 17.9. The molecule has 8 nitrogen and oxygen atoms in total. The fourth-order valence-electron chi connectivity index (χ4n) is 3.78. The van der Waals surface area contributed by atoms with Crippen molar-refractivity contribution in [1.29, 1.82) is 0 Å². The molecule has 4 rings (SSSR count). The number of carbonyl (C=O) groups excluding carboxylic acids is 1. The molecular weight excluding hydrogens is 462 g/mol. The zero-order chi connectivity index (χ0) is 23.6. The lowest BCUT2D eigenvalue weighted by atomic mass is 10.1. The van der Waals surface area contributed by atoms with Crippen LogP contribution in [0.25, 0.3) is 0 Å². The Morgan fingerprint density at radius 3 is 2.21 bits per heavy atom. The first kappa shape index (κ1) is 22.8. The molecule has 0 bridgehead atoms. The number of carboxylic acid groups (broad SMARTS) is 1. The van der Waals surface area contributed by atoms with Gasteiger partial charge in [-0.1, -0.05) is 6.07 Å². The lowest BCUT2D eigenvalue weighted by Crippen LogP contribution is -2.47. The first-order chi connectivity index (χ1) is 15.7. The van der Waals surface area contributed by atoms with Gasteiger partial charge in [0.05, 0.1) is 11.3 Å². The molecule has 1 aliphatic heterocycles. The van der Waals surface area contributed by atoms with Crippen LogP contribution in [-0.4, -0.2) is 51.5 Å². The summed E-state index contributed by atoms with van der Waals surface area (Å²) in [7, 11) is -3.76. The number of rotatable bonds is 7. The molecule has 1 aliphatic rings. The second kappa shape index (κ2) is 9.24. The van der Waals surface area contributed by atoms with Gasteiger partial charge in [-0.05, 0) is 60.8 Å². The third-order valence-electron chi connectivity index (χ3n) is 5.50. The summed E-state index contributed by atoms with van der Waals surface area (Å²) >= 11 is 1.09. The minimum absolute atomic E-state index is 0.0219. The Morgan fingerprint density at radius 1 is 0.970 bits per heavy atom. The molecule has 10 heteroatoms. The van der Waals surface area contributed by atoms with Crippen LogP contribution in [0.5, 0.6) is 0 Å². The van der Waals surface area contributed by atoms with Gasteiger partial charge in [-0.2, -0.15) is 0 Å². The fraction of sp³-hybridized carbons (Fsp3) is 0.217. The molecule has 1 saturated heterocycles. The molecule has 0 radical (unpaired) electrons. The van der Waals surface area contributed by atoms with E-state index in [1.54, 1.807) is 23.6 Å². The number of ketones is 1. The Morgan fingerprint density at radius 2 is 1.64 bits per heavy atom. The number of anilines is 3. The maximum atomic E-state index is 12.5. The van der Waals surface area contributed by atoms with Crippen LogP contribution in [0.15, 0.2) is 64.2 Å². The number of aromatic carboxylic acids is 1. The van der Waals surface area contributed by atoms with Crippen LogP contribution in [0.1, 0.15) is 27.6 Å². The van der Waals surface area contributed by atoms with Gasteiger partial charge in [0.25, 0.3) is 10.0 Å². The fourth-order valence-corrected chi connectivity index (χ4v) is 5.82. The number of carboxylic acids is 1. The average Bonchev–Trinajstić information content (AvgIpc) is 3.35. The molecule has 0 spiro atoms. The lowest BCUT2D eigenvalue weighted by molar-refractivity contribution is 0.0697. The van der Waals surface area contributed by atoms with Crippen molar-refractivity contribution in [2.24, 2.45) is 0 Å². The molecule has 0 aliphatic carbocycles. The minimum Gasteiger partial charge on any atom is -0.478 e. The molecule has 2 N–H and O–H groups in total. The molecule has 0 amide bonds. The molecule has 33 heavy (non-hydrogen) atoms. The van der Waals surface area contributed by atoms with Crippen molar-refractivity contribution < 1.29 is 23.1 Å². The van der Waals surface area contributed by atoms with E-state index >= 15 is 0 Å². The molecule has 0 atom stereocenters. The molecule has 0 unspecified atom stereocenters. The monoisotopic (exact) mass is 485 g/mol. The summed E-state index contributed by atoms with van der Waals surface area (Å²) in [5, 5.41) is 11.4. The number of carbonyl (C=O) groups is 2. The molecule has 0 saturated carbocycles.